The lowest BCUT2D eigenvalue weighted by Crippen LogP contribution is -2.32. The lowest BCUT2D eigenvalue weighted by Gasteiger charge is -2.20. The van der Waals surface area contributed by atoms with Crippen LogP contribution in [-0.4, -0.2) is 38.5 Å². The van der Waals surface area contributed by atoms with Gasteiger partial charge in [-0.05, 0) is 18.1 Å². The summed E-state index contributed by atoms with van der Waals surface area (Å²) in [7, 11) is 1.58. The van der Waals surface area contributed by atoms with Gasteiger partial charge in [0.1, 0.15) is 0 Å². The summed E-state index contributed by atoms with van der Waals surface area (Å²) < 4.78 is 38.1. The molecule has 124 valence electrons. The normalized spacial score (nSPS) is 12.9. The molecule has 0 fully saturated rings. The number of halogens is 3. The molecule has 0 saturated heterocycles. The topological polar surface area (TPSA) is 74.8 Å². The van der Waals surface area contributed by atoms with Crippen molar-refractivity contribution in [3.63, 3.8) is 0 Å². The molecule has 1 atom stereocenters. The molecule has 0 saturated carbocycles. The van der Waals surface area contributed by atoms with Gasteiger partial charge in [-0.2, -0.15) is 18.4 Å². The minimum atomic E-state index is -4.39. The van der Waals surface area contributed by atoms with Crippen LogP contribution in [0.15, 0.2) is 24.3 Å². The number of H-pyrrole nitrogens is 1. The van der Waals surface area contributed by atoms with Crippen LogP contribution in [0.3, 0.4) is 0 Å². The third-order valence-corrected chi connectivity index (χ3v) is 3.36. The maximum absolute atomic E-state index is 12.7. The summed E-state index contributed by atoms with van der Waals surface area (Å²) in [6.07, 6.45) is -4.17. The first-order valence-corrected chi connectivity index (χ1v) is 6.91. The van der Waals surface area contributed by atoms with Crippen molar-refractivity contribution in [3.8, 4) is 0 Å². The number of nitrogens with zero attached hydrogens (tertiary/aromatic N) is 4. The number of hydrogen-bond acceptors (Lipinski definition) is 4. The van der Waals surface area contributed by atoms with Crippen LogP contribution in [0.25, 0.3) is 0 Å². The summed E-state index contributed by atoms with van der Waals surface area (Å²) in [5.74, 6) is -0.297. The molecule has 0 bridgehead atoms. The Hall–Kier alpha value is -2.45. The molecule has 1 aromatic carbocycles. The molecule has 1 unspecified atom stereocenters. The molecule has 0 radical (unpaired) electrons. The Labute approximate surface area is 130 Å². The van der Waals surface area contributed by atoms with Gasteiger partial charge in [-0.1, -0.05) is 30.3 Å². The lowest BCUT2D eigenvalue weighted by molar-refractivity contribution is -0.137. The van der Waals surface area contributed by atoms with Crippen LogP contribution in [0.1, 0.15) is 23.9 Å². The molecule has 0 aliphatic heterocycles. The average molecular weight is 327 g/mol. The SMILES string of the molecule is CC(Cc1cccc(C(F)(F)F)c1)C(=O)N(C)Cc1nn[nH]n1. The Kier molecular flexibility index (Phi) is 4.97. The monoisotopic (exact) mass is 327 g/mol. The van der Waals surface area contributed by atoms with E-state index in [0.29, 0.717) is 11.4 Å². The number of aromatic nitrogens is 4. The zero-order valence-electron chi connectivity index (χ0n) is 12.6. The van der Waals surface area contributed by atoms with Gasteiger partial charge in [0.05, 0.1) is 12.1 Å². The second-order valence-electron chi connectivity index (χ2n) is 5.33. The molecule has 2 rings (SSSR count). The van der Waals surface area contributed by atoms with Crippen LogP contribution in [0.5, 0.6) is 0 Å². The Morgan fingerprint density at radius 1 is 1.39 bits per heavy atom. The molecule has 1 amide bonds. The number of alkyl halides is 3. The van der Waals surface area contributed by atoms with E-state index in [-0.39, 0.29) is 18.9 Å². The summed E-state index contributed by atoms with van der Waals surface area (Å²) in [5, 5.41) is 13.2. The highest BCUT2D eigenvalue weighted by Crippen LogP contribution is 2.30. The van der Waals surface area contributed by atoms with E-state index >= 15 is 0 Å². The number of carbonyl (C=O) groups excluding carboxylic acids is 1. The van der Waals surface area contributed by atoms with E-state index < -0.39 is 17.7 Å². The fourth-order valence-corrected chi connectivity index (χ4v) is 2.23. The number of amides is 1. The van der Waals surface area contributed by atoms with Crippen LogP contribution in [-0.2, 0) is 23.9 Å². The number of carbonyl (C=O) groups is 1. The largest absolute Gasteiger partial charge is 0.416 e. The van der Waals surface area contributed by atoms with Gasteiger partial charge >= 0.3 is 6.18 Å². The van der Waals surface area contributed by atoms with Crippen LogP contribution in [0.2, 0.25) is 0 Å². The standard InChI is InChI=1S/C14H16F3N5O/c1-9(13(23)22(2)8-12-18-20-21-19-12)6-10-4-3-5-11(7-10)14(15,16)17/h3-5,7,9H,6,8H2,1-2H3,(H,18,19,20,21). The molecule has 9 heteroatoms. The van der Waals surface area contributed by atoms with Gasteiger partial charge in [0.15, 0.2) is 5.82 Å². The van der Waals surface area contributed by atoms with Crippen molar-refractivity contribution < 1.29 is 18.0 Å². The summed E-state index contributed by atoms with van der Waals surface area (Å²) in [4.78, 5) is 13.7. The fraction of sp³-hybridized carbons (Fsp3) is 0.429. The molecular formula is C14H16F3N5O. The van der Waals surface area contributed by atoms with E-state index in [4.69, 9.17) is 0 Å². The molecular weight excluding hydrogens is 311 g/mol. The first kappa shape index (κ1) is 16.9. The van der Waals surface area contributed by atoms with Crippen molar-refractivity contribution in [2.24, 2.45) is 5.92 Å². The minimum absolute atomic E-state index is 0.183. The highest BCUT2D eigenvalue weighted by molar-refractivity contribution is 5.78. The molecule has 1 N–H and O–H groups in total. The molecule has 2 aromatic rings. The van der Waals surface area contributed by atoms with Crippen molar-refractivity contribution in [2.45, 2.75) is 26.1 Å². The molecule has 0 aliphatic rings. The zero-order valence-corrected chi connectivity index (χ0v) is 12.6. The van der Waals surface area contributed by atoms with Crippen molar-refractivity contribution in [2.75, 3.05) is 7.05 Å². The quantitative estimate of drug-likeness (QED) is 0.912. The van der Waals surface area contributed by atoms with Crippen LogP contribution in [0, 0.1) is 5.92 Å². The zero-order chi connectivity index (χ0) is 17.0. The Morgan fingerprint density at radius 2 is 2.13 bits per heavy atom. The first-order valence-electron chi connectivity index (χ1n) is 6.91. The minimum Gasteiger partial charge on any atom is -0.338 e. The summed E-state index contributed by atoms with van der Waals surface area (Å²) >= 11 is 0. The van der Waals surface area contributed by atoms with E-state index in [1.54, 1.807) is 20.0 Å². The van der Waals surface area contributed by atoms with Gasteiger partial charge in [0.25, 0.3) is 0 Å². The molecule has 0 spiro atoms. The summed E-state index contributed by atoms with van der Waals surface area (Å²) in [6.45, 7) is 1.86. The van der Waals surface area contributed by atoms with E-state index in [2.05, 4.69) is 20.6 Å². The third-order valence-electron chi connectivity index (χ3n) is 3.36. The highest BCUT2D eigenvalue weighted by atomic mass is 19.4. The summed E-state index contributed by atoms with van der Waals surface area (Å²) in [5.41, 5.74) is -0.247. The molecule has 23 heavy (non-hydrogen) atoms. The number of benzene rings is 1. The predicted octanol–water partition coefficient (Wildman–Crippen LogP) is 2.06. The van der Waals surface area contributed by atoms with Gasteiger partial charge < -0.3 is 4.90 Å². The van der Waals surface area contributed by atoms with E-state index in [1.807, 2.05) is 0 Å². The second kappa shape index (κ2) is 6.76. The van der Waals surface area contributed by atoms with Crippen molar-refractivity contribution >= 4 is 5.91 Å². The van der Waals surface area contributed by atoms with Crippen molar-refractivity contribution in [3.05, 3.63) is 41.2 Å². The Balaban J connectivity index is 2.00. The second-order valence-corrected chi connectivity index (χ2v) is 5.33. The predicted molar refractivity (Wildman–Crippen MR) is 75.0 cm³/mol. The van der Waals surface area contributed by atoms with E-state index in [9.17, 15) is 18.0 Å². The lowest BCUT2D eigenvalue weighted by atomic mass is 9.98. The molecule has 6 nitrogen and oxygen atoms in total. The molecule has 1 heterocycles. The highest BCUT2D eigenvalue weighted by Gasteiger charge is 2.30. The van der Waals surface area contributed by atoms with Crippen molar-refractivity contribution in [1.29, 1.82) is 0 Å². The van der Waals surface area contributed by atoms with Crippen LogP contribution < -0.4 is 0 Å². The van der Waals surface area contributed by atoms with Crippen LogP contribution >= 0.6 is 0 Å². The number of rotatable bonds is 5. The Morgan fingerprint density at radius 3 is 2.74 bits per heavy atom. The first-order chi connectivity index (χ1) is 10.8. The number of hydrogen-bond donors (Lipinski definition) is 1. The van der Waals surface area contributed by atoms with Gasteiger partial charge in [0.2, 0.25) is 5.91 Å². The fourth-order valence-electron chi connectivity index (χ4n) is 2.23. The maximum atomic E-state index is 12.7. The smallest absolute Gasteiger partial charge is 0.338 e. The average Bonchev–Trinajstić information content (AvgIpc) is 2.98. The van der Waals surface area contributed by atoms with Gasteiger partial charge in [-0.3, -0.25) is 4.79 Å². The maximum Gasteiger partial charge on any atom is 0.416 e. The Bertz CT molecular complexity index is 657. The number of tetrazole rings is 1. The van der Waals surface area contributed by atoms with Gasteiger partial charge in [0, 0.05) is 13.0 Å². The van der Waals surface area contributed by atoms with Gasteiger partial charge in [-0.15, -0.1) is 10.2 Å². The third kappa shape index (κ3) is 4.51. The summed E-state index contributed by atoms with van der Waals surface area (Å²) in [6, 6.07) is 5.01. The van der Waals surface area contributed by atoms with E-state index in [1.165, 1.54) is 11.0 Å². The van der Waals surface area contributed by atoms with Gasteiger partial charge in [-0.25, -0.2) is 0 Å². The van der Waals surface area contributed by atoms with E-state index in [0.717, 1.165) is 12.1 Å². The number of aromatic amines is 1. The van der Waals surface area contributed by atoms with Crippen molar-refractivity contribution in [1.82, 2.24) is 25.5 Å². The van der Waals surface area contributed by atoms with Crippen LogP contribution in [0.4, 0.5) is 13.2 Å². The molecule has 0 aliphatic carbocycles. The molecule has 1 aromatic heterocycles. The number of nitrogens with one attached hydrogen (secondary N) is 1.